The predicted molar refractivity (Wildman–Crippen MR) is 84.6 cm³/mol. The number of nitrogens with zero attached hydrogens (tertiary/aromatic N) is 1. The Labute approximate surface area is 126 Å². The molecule has 21 heavy (non-hydrogen) atoms. The van der Waals surface area contributed by atoms with Crippen molar-refractivity contribution in [3.63, 3.8) is 0 Å². The van der Waals surface area contributed by atoms with Crippen LogP contribution in [0.2, 0.25) is 0 Å². The number of rotatable bonds is 5. The van der Waals surface area contributed by atoms with Crippen LogP contribution in [-0.4, -0.2) is 44.6 Å². The van der Waals surface area contributed by atoms with Crippen LogP contribution in [0.15, 0.2) is 18.2 Å². The molecule has 1 aliphatic rings. The van der Waals surface area contributed by atoms with Gasteiger partial charge in [0, 0.05) is 12.6 Å². The molecule has 0 radical (unpaired) electrons. The van der Waals surface area contributed by atoms with E-state index in [1.54, 1.807) is 7.11 Å². The number of benzene rings is 1. The normalized spacial score (nSPS) is 21.6. The molecular formula is C16H25N3O2. The lowest BCUT2D eigenvalue weighted by Gasteiger charge is -2.18. The molecule has 0 aliphatic carbocycles. The molecule has 2 unspecified atom stereocenters. The Balaban J connectivity index is 2.14. The lowest BCUT2D eigenvalue weighted by Crippen LogP contribution is -2.32. The molecule has 0 saturated carbocycles. The molecule has 1 aromatic carbocycles. The van der Waals surface area contributed by atoms with Crippen LogP contribution in [0.1, 0.15) is 18.9 Å². The Hall–Kier alpha value is -1.59. The summed E-state index contributed by atoms with van der Waals surface area (Å²) in [6.45, 7) is 3.78. The highest BCUT2D eigenvalue weighted by molar-refractivity contribution is 5.94. The zero-order valence-electron chi connectivity index (χ0n) is 13.3. The molecular weight excluding hydrogens is 266 g/mol. The molecule has 1 saturated heterocycles. The number of nitrogens with one attached hydrogen (secondary N) is 2. The van der Waals surface area contributed by atoms with Crippen molar-refractivity contribution in [2.45, 2.75) is 25.9 Å². The second-order valence-electron chi connectivity index (χ2n) is 5.90. The molecule has 1 amide bonds. The molecule has 2 atom stereocenters. The Morgan fingerprint density at radius 3 is 2.81 bits per heavy atom. The Morgan fingerprint density at radius 2 is 2.24 bits per heavy atom. The molecule has 2 rings (SSSR count). The van der Waals surface area contributed by atoms with Gasteiger partial charge in [-0.1, -0.05) is 6.07 Å². The minimum absolute atomic E-state index is 0.0206. The first kappa shape index (κ1) is 15.8. The first-order chi connectivity index (χ1) is 10.0. The van der Waals surface area contributed by atoms with E-state index < -0.39 is 0 Å². The molecule has 0 bridgehead atoms. The number of amides is 1. The van der Waals surface area contributed by atoms with E-state index in [0.717, 1.165) is 30.8 Å². The highest BCUT2D eigenvalue weighted by atomic mass is 16.5. The third-order valence-electron chi connectivity index (χ3n) is 3.88. The van der Waals surface area contributed by atoms with Gasteiger partial charge in [-0.3, -0.25) is 4.79 Å². The van der Waals surface area contributed by atoms with Crippen molar-refractivity contribution in [2.75, 3.05) is 33.1 Å². The fraction of sp³-hybridized carbons (Fsp3) is 0.562. The average molecular weight is 291 g/mol. The monoisotopic (exact) mass is 291 g/mol. The first-order valence-electron chi connectivity index (χ1n) is 7.37. The summed E-state index contributed by atoms with van der Waals surface area (Å²) in [7, 11) is 5.67. The van der Waals surface area contributed by atoms with Crippen molar-refractivity contribution in [3.8, 4) is 5.75 Å². The smallest absolute Gasteiger partial charge is 0.229 e. The summed E-state index contributed by atoms with van der Waals surface area (Å²) < 4.78 is 5.35. The predicted octanol–water partition coefficient (Wildman–Crippen LogP) is 1.69. The Morgan fingerprint density at radius 1 is 1.48 bits per heavy atom. The largest absolute Gasteiger partial charge is 0.495 e. The van der Waals surface area contributed by atoms with Crippen molar-refractivity contribution in [3.05, 3.63) is 23.8 Å². The fourth-order valence-electron chi connectivity index (χ4n) is 2.76. The summed E-state index contributed by atoms with van der Waals surface area (Å²) in [6, 6.07) is 6.14. The van der Waals surface area contributed by atoms with Crippen LogP contribution in [0.3, 0.4) is 0 Å². The third-order valence-corrected chi connectivity index (χ3v) is 3.88. The maximum absolute atomic E-state index is 12.4. The number of methoxy groups -OCH3 is 1. The average Bonchev–Trinajstić information content (AvgIpc) is 2.84. The van der Waals surface area contributed by atoms with Crippen molar-refractivity contribution in [2.24, 2.45) is 5.92 Å². The van der Waals surface area contributed by atoms with Crippen LogP contribution < -0.4 is 15.4 Å². The fourth-order valence-corrected chi connectivity index (χ4v) is 2.76. The summed E-state index contributed by atoms with van der Waals surface area (Å²) in [4.78, 5) is 14.5. The van der Waals surface area contributed by atoms with Crippen molar-refractivity contribution < 1.29 is 9.53 Å². The molecule has 0 aromatic heterocycles. The zero-order valence-corrected chi connectivity index (χ0v) is 13.3. The van der Waals surface area contributed by atoms with E-state index in [1.165, 1.54) is 0 Å². The summed E-state index contributed by atoms with van der Waals surface area (Å²) in [5, 5.41) is 6.33. The van der Waals surface area contributed by atoms with Gasteiger partial charge in [-0.25, -0.2) is 0 Å². The SMILES string of the molecule is COc1ccc(CN(C)C)cc1NC(=O)C1CCNC1C. The summed E-state index contributed by atoms with van der Waals surface area (Å²) in [6.07, 6.45) is 0.882. The van der Waals surface area contributed by atoms with Gasteiger partial charge in [0.05, 0.1) is 18.7 Å². The topological polar surface area (TPSA) is 53.6 Å². The van der Waals surface area contributed by atoms with Gasteiger partial charge in [0.2, 0.25) is 5.91 Å². The highest BCUT2D eigenvalue weighted by Crippen LogP contribution is 2.27. The lowest BCUT2D eigenvalue weighted by atomic mass is 10.0. The zero-order chi connectivity index (χ0) is 15.4. The van der Waals surface area contributed by atoms with Crippen molar-refractivity contribution >= 4 is 11.6 Å². The molecule has 1 aromatic rings. The number of ether oxygens (including phenoxy) is 1. The van der Waals surface area contributed by atoms with Gasteiger partial charge < -0.3 is 20.3 Å². The molecule has 1 aliphatic heterocycles. The van der Waals surface area contributed by atoms with Crippen LogP contribution in [0.4, 0.5) is 5.69 Å². The first-order valence-corrected chi connectivity index (χ1v) is 7.37. The molecule has 116 valence electrons. The molecule has 1 fully saturated rings. The molecule has 1 heterocycles. The maximum Gasteiger partial charge on any atom is 0.229 e. The van der Waals surface area contributed by atoms with Crippen LogP contribution in [0.25, 0.3) is 0 Å². The van der Waals surface area contributed by atoms with Crippen molar-refractivity contribution in [1.82, 2.24) is 10.2 Å². The highest BCUT2D eigenvalue weighted by Gasteiger charge is 2.29. The molecule has 5 heteroatoms. The van der Waals surface area contributed by atoms with Crippen molar-refractivity contribution in [1.29, 1.82) is 0 Å². The van der Waals surface area contributed by atoms with Crippen LogP contribution in [0, 0.1) is 5.92 Å². The van der Waals surface area contributed by atoms with Gasteiger partial charge in [0.1, 0.15) is 5.75 Å². The Kier molecular flexibility index (Phi) is 5.20. The molecule has 0 spiro atoms. The van der Waals surface area contributed by atoms with E-state index in [2.05, 4.69) is 22.5 Å². The van der Waals surface area contributed by atoms with Gasteiger partial charge in [-0.15, -0.1) is 0 Å². The van der Waals surface area contributed by atoms with E-state index >= 15 is 0 Å². The quantitative estimate of drug-likeness (QED) is 0.867. The van der Waals surface area contributed by atoms with Gasteiger partial charge in [0.25, 0.3) is 0 Å². The standard InChI is InChI=1S/C16H25N3O2/c1-11-13(7-8-17-11)16(20)18-14-9-12(10-19(2)3)5-6-15(14)21-4/h5-6,9,11,13,17H,7-8,10H2,1-4H3,(H,18,20). The number of carbonyl (C=O) groups is 1. The van der Waals surface area contributed by atoms with E-state index in [1.807, 2.05) is 32.3 Å². The second-order valence-corrected chi connectivity index (χ2v) is 5.90. The molecule has 5 nitrogen and oxygen atoms in total. The number of anilines is 1. The minimum Gasteiger partial charge on any atom is -0.495 e. The van der Waals surface area contributed by atoms with Gasteiger partial charge in [-0.05, 0) is 51.7 Å². The number of hydrogen-bond donors (Lipinski definition) is 2. The summed E-state index contributed by atoms with van der Waals surface area (Å²) in [5.74, 6) is 0.782. The van der Waals surface area contributed by atoms with E-state index in [-0.39, 0.29) is 17.9 Å². The lowest BCUT2D eigenvalue weighted by molar-refractivity contribution is -0.120. The minimum atomic E-state index is 0.0206. The van der Waals surface area contributed by atoms with Crippen LogP contribution in [-0.2, 0) is 11.3 Å². The van der Waals surface area contributed by atoms with E-state index in [4.69, 9.17) is 4.74 Å². The van der Waals surface area contributed by atoms with Crippen LogP contribution >= 0.6 is 0 Å². The number of hydrogen-bond acceptors (Lipinski definition) is 4. The Bertz CT molecular complexity index is 502. The van der Waals surface area contributed by atoms with Gasteiger partial charge in [-0.2, -0.15) is 0 Å². The number of carbonyl (C=O) groups excluding carboxylic acids is 1. The summed E-state index contributed by atoms with van der Waals surface area (Å²) in [5.41, 5.74) is 1.90. The van der Waals surface area contributed by atoms with E-state index in [0.29, 0.717) is 5.75 Å². The van der Waals surface area contributed by atoms with Gasteiger partial charge in [0.15, 0.2) is 0 Å². The second kappa shape index (κ2) is 6.91. The third kappa shape index (κ3) is 3.95. The van der Waals surface area contributed by atoms with E-state index in [9.17, 15) is 4.79 Å². The van der Waals surface area contributed by atoms with Gasteiger partial charge >= 0.3 is 0 Å². The van der Waals surface area contributed by atoms with Crippen LogP contribution in [0.5, 0.6) is 5.75 Å². The maximum atomic E-state index is 12.4. The molecule has 2 N–H and O–H groups in total. The summed E-state index contributed by atoms with van der Waals surface area (Å²) >= 11 is 0.